The summed E-state index contributed by atoms with van der Waals surface area (Å²) in [5, 5.41) is 0. The normalized spacial score (nSPS) is 12.0. The molecule has 0 unspecified atom stereocenters. The Balaban J connectivity index is 2.35. The molecule has 6 nitrogen and oxygen atoms in total. The molecule has 1 amide bonds. The minimum atomic E-state index is -3.79. The van der Waals surface area contributed by atoms with Crippen molar-refractivity contribution in [3.63, 3.8) is 0 Å². The second-order valence-electron chi connectivity index (χ2n) is 8.84. The molecule has 2 aromatic rings. The predicted molar refractivity (Wildman–Crippen MR) is 125 cm³/mol. The molecule has 0 N–H and O–H groups in total. The zero-order valence-corrected chi connectivity index (χ0v) is 20.8. The van der Waals surface area contributed by atoms with E-state index in [4.69, 9.17) is 0 Å². The molecule has 0 radical (unpaired) electrons. The summed E-state index contributed by atoms with van der Waals surface area (Å²) in [6.07, 6.45) is 2.59. The number of aromatic nitrogens is 1. The highest BCUT2D eigenvalue weighted by atomic mass is 32.2. The van der Waals surface area contributed by atoms with E-state index in [1.54, 1.807) is 4.90 Å². The van der Waals surface area contributed by atoms with Crippen LogP contribution < -0.4 is 0 Å². The van der Waals surface area contributed by atoms with Crippen LogP contribution in [0.5, 0.6) is 0 Å². The van der Waals surface area contributed by atoms with Gasteiger partial charge >= 0.3 is 0 Å². The van der Waals surface area contributed by atoms with Gasteiger partial charge in [0.2, 0.25) is 15.9 Å². The third-order valence-electron chi connectivity index (χ3n) is 5.33. The Kier molecular flexibility index (Phi) is 8.49. The summed E-state index contributed by atoms with van der Waals surface area (Å²) < 4.78 is 30.5. The van der Waals surface area contributed by atoms with E-state index in [1.165, 1.54) is 4.31 Å². The molecule has 0 bridgehead atoms. The number of carbonyl (C=O) groups is 1. The van der Waals surface area contributed by atoms with Crippen molar-refractivity contribution in [1.29, 1.82) is 0 Å². The maximum absolute atomic E-state index is 13.6. The van der Waals surface area contributed by atoms with Crippen LogP contribution in [0.15, 0.2) is 35.4 Å². The van der Waals surface area contributed by atoms with Gasteiger partial charge in [0.25, 0.3) is 0 Å². The van der Waals surface area contributed by atoms with Crippen LogP contribution in [0.1, 0.15) is 49.6 Å². The first-order valence-electron chi connectivity index (χ1n) is 10.9. The van der Waals surface area contributed by atoms with Crippen molar-refractivity contribution in [3.8, 4) is 0 Å². The monoisotopic (exact) mass is 447 g/mol. The van der Waals surface area contributed by atoms with Crippen molar-refractivity contribution in [2.45, 2.75) is 59.4 Å². The van der Waals surface area contributed by atoms with Gasteiger partial charge in [-0.2, -0.15) is 4.31 Å². The lowest BCUT2D eigenvalue weighted by Crippen LogP contribution is -2.44. The predicted octanol–water partition coefficient (Wildman–Crippen LogP) is 4.04. The summed E-state index contributed by atoms with van der Waals surface area (Å²) in [5.74, 6) is 0.108. The van der Waals surface area contributed by atoms with Crippen LogP contribution in [-0.4, -0.2) is 47.7 Å². The standard InChI is InChI=1S/C24H37N3O3S/c1-8-11-27(31(29,30)24-20(5)13-19(4)14-21(24)6)17-23(28)26(15-18(2)3)16-22-10-9-12-25(22)7/h9-10,12-14,18H,8,11,15-17H2,1-7H3. The summed E-state index contributed by atoms with van der Waals surface area (Å²) in [4.78, 5) is 15.4. The maximum Gasteiger partial charge on any atom is 0.244 e. The molecule has 7 heteroatoms. The number of carbonyl (C=O) groups excluding carboxylic acids is 1. The van der Waals surface area contributed by atoms with Crippen molar-refractivity contribution in [2.75, 3.05) is 19.6 Å². The number of hydrogen-bond acceptors (Lipinski definition) is 3. The number of benzene rings is 1. The molecule has 1 heterocycles. The van der Waals surface area contributed by atoms with Crippen LogP contribution in [0.3, 0.4) is 0 Å². The summed E-state index contributed by atoms with van der Waals surface area (Å²) in [5.41, 5.74) is 3.48. The van der Waals surface area contributed by atoms with Gasteiger partial charge in [0.15, 0.2) is 0 Å². The van der Waals surface area contributed by atoms with E-state index in [0.717, 1.165) is 11.3 Å². The Morgan fingerprint density at radius 2 is 1.74 bits per heavy atom. The fourth-order valence-corrected chi connectivity index (χ4v) is 5.93. The van der Waals surface area contributed by atoms with Gasteiger partial charge in [-0.15, -0.1) is 0 Å². The van der Waals surface area contributed by atoms with Gasteiger partial charge in [-0.1, -0.05) is 38.5 Å². The fourth-order valence-electron chi connectivity index (χ4n) is 4.04. The molecule has 0 aliphatic carbocycles. The molecular weight excluding hydrogens is 410 g/mol. The first-order chi connectivity index (χ1) is 14.5. The van der Waals surface area contributed by atoms with Gasteiger partial charge in [0.1, 0.15) is 0 Å². The summed E-state index contributed by atoms with van der Waals surface area (Å²) in [7, 11) is -1.84. The van der Waals surface area contributed by atoms with Crippen LogP contribution >= 0.6 is 0 Å². The minimum Gasteiger partial charge on any atom is -0.353 e. The Morgan fingerprint density at radius 3 is 2.23 bits per heavy atom. The van der Waals surface area contributed by atoms with Crippen molar-refractivity contribution < 1.29 is 13.2 Å². The van der Waals surface area contributed by atoms with Gasteiger partial charge < -0.3 is 9.47 Å². The second-order valence-corrected chi connectivity index (χ2v) is 10.7. The number of sulfonamides is 1. The second kappa shape index (κ2) is 10.5. The summed E-state index contributed by atoms with van der Waals surface area (Å²) in [6, 6.07) is 7.70. The van der Waals surface area contributed by atoms with Gasteiger partial charge in [-0.25, -0.2) is 8.42 Å². The van der Waals surface area contributed by atoms with E-state index in [9.17, 15) is 13.2 Å². The largest absolute Gasteiger partial charge is 0.353 e. The van der Waals surface area contributed by atoms with Crippen molar-refractivity contribution in [2.24, 2.45) is 13.0 Å². The van der Waals surface area contributed by atoms with E-state index >= 15 is 0 Å². The van der Waals surface area contributed by atoms with Crippen molar-refractivity contribution in [1.82, 2.24) is 13.8 Å². The average molecular weight is 448 g/mol. The van der Waals surface area contributed by atoms with Gasteiger partial charge in [-0.05, 0) is 56.4 Å². The Labute approximate surface area is 187 Å². The first-order valence-corrected chi connectivity index (χ1v) is 12.4. The number of rotatable bonds is 10. The number of nitrogens with zero attached hydrogens (tertiary/aromatic N) is 3. The molecule has 172 valence electrons. The van der Waals surface area contributed by atoms with E-state index in [-0.39, 0.29) is 18.4 Å². The zero-order chi connectivity index (χ0) is 23.3. The van der Waals surface area contributed by atoms with Crippen molar-refractivity contribution in [3.05, 3.63) is 52.8 Å². The maximum atomic E-state index is 13.6. The molecule has 0 fully saturated rings. The quantitative estimate of drug-likeness (QED) is 0.552. The zero-order valence-electron chi connectivity index (χ0n) is 20.0. The topological polar surface area (TPSA) is 62.6 Å². The molecule has 0 spiro atoms. The molecule has 31 heavy (non-hydrogen) atoms. The first kappa shape index (κ1) is 25.1. The third-order valence-corrected chi connectivity index (χ3v) is 7.48. The highest BCUT2D eigenvalue weighted by molar-refractivity contribution is 7.89. The summed E-state index contributed by atoms with van der Waals surface area (Å²) in [6.45, 7) is 12.8. The van der Waals surface area contributed by atoms with E-state index < -0.39 is 10.0 Å². The highest BCUT2D eigenvalue weighted by Crippen LogP contribution is 2.25. The SMILES string of the molecule is CCCN(CC(=O)N(Cc1cccn1C)CC(C)C)S(=O)(=O)c1c(C)cc(C)cc1C. The molecule has 2 rings (SSSR count). The Hall–Kier alpha value is -2.12. The highest BCUT2D eigenvalue weighted by Gasteiger charge is 2.30. The molecule has 0 atom stereocenters. The van der Waals surface area contributed by atoms with Crippen LogP contribution in [0.4, 0.5) is 0 Å². The molecule has 0 saturated heterocycles. The van der Waals surface area contributed by atoms with Gasteiger partial charge in [0, 0.05) is 32.0 Å². The smallest absolute Gasteiger partial charge is 0.244 e. The fraction of sp³-hybridized carbons (Fsp3) is 0.542. The lowest BCUT2D eigenvalue weighted by molar-refractivity contribution is -0.132. The Morgan fingerprint density at radius 1 is 1.13 bits per heavy atom. The van der Waals surface area contributed by atoms with E-state index in [0.29, 0.717) is 42.1 Å². The van der Waals surface area contributed by atoms with E-state index in [2.05, 4.69) is 13.8 Å². The average Bonchev–Trinajstić information content (AvgIpc) is 3.03. The molecule has 1 aromatic carbocycles. The number of amides is 1. The third kappa shape index (κ3) is 6.20. The van der Waals surface area contributed by atoms with Crippen LogP contribution in [-0.2, 0) is 28.4 Å². The van der Waals surface area contributed by atoms with E-state index in [1.807, 2.05) is 69.8 Å². The lowest BCUT2D eigenvalue weighted by Gasteiger charge is -2.29. The molecule has 0 saturated carbocycles. The molecule has 0 aliphatic rings. The Bertz CT molecular complexity index is 986. The summed E-state index contributed by atoms with van der Waals surface area (Å²) >= 11 is 0. The lowest BCUT2D eigenvalue weighted by atomic mass is 10.1. The van der Waals surface area contributed by atoms with Crippen LogP contribution in [0, 0.1) is 26.7 Å². The minimum absolute atomic E-state index is 0.153. The van der Waals surface area contributed by atoms with Crippen LogP contribution in [0.2, 0.25) is 0 Å². The van der Waals surface area contributed by atoms with Crippen molar-refractivity contribution >= 4 is 15.9 Å². The van der Waals surface area contributed by atoms with Crippen LogP contribution in [0.25, 0.3) is 0 Å². The number of hydrogen-bond donors (Lipinski definition) is 0. The molecular formula is C24H37N3O3S. The molecule has 1 aromatic heterocycles. The van der Waals surface area contributed by atoms with Gasteiger partial charge in [0.05, 0.1) is 18.0 Å². The van der Waals surface area contributed by atoms with Gasteiger partial charge in [-0.3, -0.25) is 4.79 Å². The molecule has 0 aliphatic heterocycles. The number of aryl methyl sites for hydroxylation is 4.